The Bertz CT molecular complexity index is 984. The first kappa shape index (κ1) is 15.8. The van der Waals surface area contributed by atoms with E-state index in [1.54, 1.807) is 0 Å². The van der Waals surface area contributed by atoms with Crippen LogP contribution in [0.4, 0.5) is 5.69 Å². The standard InChI is InChI=1S/C18H12Cl3NO2/c19-10-6-12(20)15(13(21)7-10)17(23)18-16(22)11-4-8-2-1-3-9(8)5-14(11)24-18/h4-7H,1-3,22H2. The minimum absolute atomic E-state index is 0.0554. The van der Waals surface area contributed by atoms with Crippen molar-refractivity contribution in [1.29, 1.82) is 0 Å². The molecule has 0 amide bonds. The Morgan fingerprint density at radius 3 is 2.29 bits per heavy atom. The molecule has 0 atom stereocenters. The molecule has 2 N–H and O–H groups in total. The number of nitrogen functional groups attached to an aromatic ring is 1. The molecule has 3 aromatic rings. The highest BCUT2D eigenvalue weighted by Crippen LogP contribution is 2.37. The quantitative estimate of drug-likeness (QED) is 0.581. The molecule has 0 unspecified atom stereocenters. The number of carbonyl (C=O) groups is 1. The summed E-state index contributed by atoms with van der Waals surface area (Å²) in [5.41, 5.74) is 9.74. The summed E-state index contributed by atoms with van der Waals surface area (Å²) in [6, 6.07) is 6.92. The minimum atomic E-state index is -0.449. The highest BCUT2D eigenvalue weighted by Gasteiger charge is 2.26. The van der Waals surface area contributed by atoms with Gasteiger partial charge in [-0.25, -0.2) is 0 Å². The maximum Gasteiger partial charge on any atom is 0.233 e. The topological polar surface area (TPSA) is 56.2 Å². The monoisotopic (exact) mass is 379 g/mol. The van der Waals surface area contributed by atoms with Crippen molar-refractivity contribution in [3.63, 3.8) is 0 Å². The van der Waals surface area contributed by atoms with Gasteiger partial charge in [-0.3, -0.25) is 4.79 Å². The number of benzene rings is 2. The Labute approximate surface area is 153 Å². The molecule has 0 radical (unpaired) electrons. The zero-order valence-electron chi connectivity index (χ0n) is 12.5. The highest BCUT2D eigenvalue weighted by atomic mass is 35.5. The summed E-state index contributed by atoms with van der Waals surface area (Å²) in [4.78, 5) is 12.9. The number of ketones is 1. The number of carbonyl (C=O) groups excluding carboxylic acids is 1. The van der Waals surface area contributed by atoms with Gasteiger partial charge in [0.15, 0.2) is 5.76 Å². The molecule has 0 saturated heterocycles. The first-order chi connectivity index (χ1) is 11.5. The number of fused-ring (bicyclic) bond motifs is 2. The number of aryl methyl sites for hydroxylation is 2. The lowest BCUT2D eigenvalue weighted by atomic mass is 10.0. The van der Waals surface area contributed by atoms with Crippen molar-refractivity contribution < 1.29 is 9.21 Å². The molecule has 0 aliphatic heterocycles. The zero-order valence-corrected chi connectivity index (χ0v) is 14.7. The molecule has 1 aliphatic rings. The first-order valence-electron chi connectivity index (χ1n) is 7.48. The van der Waals surface area contributed by atoms with Crippen LogP contribution in [0.15, 0.2) is 28.7 Å². The molecular formula is C18H12Cl3NO2. The summed E-state index contributed by atoms with van der Waals surface area (Å²) < 4.78 is 5.76. The van der Waals surface area contributed by atoms with E-state index in [1.807, 2.05) is 12.1 Å². The van der Waals surface area contributed by atoms with E-state index in [0.29, 0.717) is 16.3 Å². The summed E-state index contributed by atoms with van der Waals surface area (Å²) in [7, 11) is 0. The average Bonchev–Trinajstić information content (AvgIpc) is 3.08. The fourth-order valence-electron chi connectivity index (χ4n) is 3.22. The maximum absolute atomic E-state index is 12.9. The summed E-state index contributed by atoms with van der Waals surface area (Å²) in [5.74, 6) is -0.393. The Morgan fingerprint density at radius 2 is 1.62 bits per heavy atom. The third-order valence-electron chi connectivity index (χ3n) is 4.38. The predicted octanol–water partition coefficient (Wildman–Crippen LogP) is 5.69. The Kier molecular flexibility index (Phi) is 3.75. The van der Waals surface area contributed by atoms with Crippen molar-refractivity contribution >= 4 is 57.2 Å². The fraction of sp³-hybridized carbons (Fsp3) is 0.167. The first-order valence-corrected chi connectivity index (χ1v) is 8.62. The van der Waals surface area contributed by atoms with Gasteiger partial charge in [0.2, 0.25) is 5.78 Å². The van der Waals surface area contributed by atoms with Crippen LogP contribution >= 0.6 is 34.8 Å². The number of anilines is 1. The van der Waals surface area contributed by atoms with E-state index >= 15 is 0 Å². The van der Waals surface area contributed by atoms with Crippen molar-refractivity contribution in [2.75, 3.05) is 5.73 Å². The molecule has 122 valence electrons. The zero-order chi connectivity index (χ0) is 17.0. The van der Waals surface area contributed by atoms with Gasteiger partial charge < -0.3 is 10.2 Å². The molecule has 0 fully saturated rings. The van der Waals surface area contributed by atoms with Crippen LogP contribution in [0.3, 0.4) is 0 Å². The van der Waals surface area contributed by atoms with Gasteiger partial charge in [0, 0.05) is 10.4 Å². The number of rotatable bonds is 2. The molecule has 0 bridgehead atoms. The van der Waals surface area contributed by atoms with Gasteiger partial charge in [0.1, 0.15) is 5.58 Å². The van der Waals surface area contributed by atoms with Gasteiger partial charge in [-0.1, -0.05) is 34.8 Å². The van der Waals surface area contributed by atoms with Crippen LogP contribution in [-0.4, -0.2) is 5.78 Å². The van der Waals surface area contributed by atoms with Crippen LogP contribution in [0.5, 0.6) is 0 Å². The Balaban J connectivity index is 1.88. The second-order valence-electron chi connectivity index (χ2n) is 5.89. The van der Waals surface area contributed by atoms with E-state index in [4.69, 9.17) is 45.0 Å². The van der Waals surface area contributed by atoms with Gasteiger partial charge >= 0.3 is 0 Å². The highest BCUT2D eigenvalue weighted by molar-refractivity contribution is 6.43. The number of hydrogen-bond donors (Lipinski definition) is 1. The summed E-state index contributed by atoms with van der Waals surface area (Å²) >= 11 is 18.2. The predicted molar refractivity (Wildman–Crippen MR) is 97.6 cm³/mol. The molecule has 1 aromatic heterocycles. The summed E-state index contributed by atoms with van der Waals surface area (Å²) in [5, 5.41) is 1.44. The lowest BCUT2D eigenvalue weighted by Crippen LogP contribution is -2.05. The lowest BCUT2D eigenvalue weighted by Gasteiger charge is -2.05. The van der Waals surface area contributed by atoms with Crippen molar-refractivity contribution in [2.45, 2.75) is 19.3 Å². The van der Waals surface area contributed by atoms with Crippen molar-refractivity contribution in [3.8, 4) is 0 Å². The van der Waals surface area contributed by atoms with E-state index in [1.165, 1.54) is 23.3 Å². The SMILES string of the molecule is Nc1c(C(=O)c2c(Cl)cc(Cl)cc2Cl)oc2cc3c(cc12)CCC3. The fourth-order valence-corrected chi connectivity index (χ4v) is 4.21. The normalized spacial score (nSPS) is 13.5. The van der Waals surface area contributed by atoms with Crippen LogP contribution < -0.4 is 5.73 Å². The summed E-state index contributed by atoms with van der Waals surface area (Å²) in [6.07, 6.45) is 3.17. The van der Waals surface area contributed by atoms with Crippen molar-refractivity contribution in [2.24, 2.45) is 0 Å². The van der Waals surface area contributed by atoms with Crippen LogP contribution in [0, 0.1) is 0 Å². The van der Waals surface area contributed by atoms with Crippen molar-refractivity contribution in [1.82, 2.24) is 0 Å². The van der Waals surface area contributed by atoms with E-state index in [9.17, 15) is 4.79 Å². The van der Waals surface area contributed by atoms with Crippen LogP contribution in [0.1, 0.15) is 33.7 Å². The maximum atomic E-state index is 12.9. The van der Waals surface area contributed by atoms with Gasteiger partial charge in [0.05, 0.1) is 21.3 Å². The summed E-state index contributed by atoms with van der Waals surface area (Å²) in [6.45, 7) is 0. The molecule has 0 spiro atoms. The van der Waals surface area contributed by atoms with Gasteiger partial charge in [0.25, 0.3) is 0 Å². The van der Waals surface area contributed by atoms with Crippen LogP contribution in [-0.2, 0) is 12.8 Å². The van der Waals surface area contributed by atoms with Gasteiger partial charge in [-0.15, -0.1) is 0 Å². The Hall–Kier alpha value is -1.68. The average molecular weight is 381 g/mol. The third kappa shape index (κ3) is 2.39. The molecule has 3 nitrogen and oxygen atoms in total. The molecule has 1 aliphatic carbocycles. The van der Waals surface area contributed by atoms with Crippen molar-refractivity contribution in [3.05, 3.63) is 61.8 Å². The molecule has 4 rings (SSSR count). The lowest BCUT2D eigenvalue weighted by molar-refractivity contribution is 0.101. The van der Waals surface area contributed by atoms with Crippen LogP contribution in [0.2, 0.25) is 15.1 Å². The van der Waals surface area contributed by atoms with E-state index < -0.39 is 5.78 Å². The van der Waals surface area contributed by atoms with Gasteiger partial charge in [-0.05, 0) is 54.7 Å². The molecular weight excluding hydrogens is 369 g/mol. The number of halogens is 3. The molecule has 1 heterocycles. The van der Waals surface area contributed by atoms with E-state index in [-0.39, 0.29) is 21.4 Å². The second kappa shape index (κ2) is 5.69. The Morgan fingerprint density at radius 1 is 1.00 bits per heavy atom. The molecule has 0 saturated carbocycles. The third-order valence-corrected chi connectivity index (χ3v) is 5.20. The largest absolute Gasteiger partial charge is 0.450 e. The number of hydrogen-bond acceptors (Lipinski definition) is 3. The number of furan rings is 1. The minimum Gasteiger partial charge on any atom is -0.450 e. The smallest absolute Gasteiger partial charge is 0.233 e. The van der Waals surface area contributed by atoms with E-state index in [0.717, 1.165) is 24.6 Å². The van der Waals surface area contributed by atoms with Gasteiger partial charge in [-0.2, -0.15) is 0 Å². The van der Waals surface area contributed by atoms with Crippen LogP contribution in [0.25, 0.3) is 11.0 Å². The molecule has 2 aromatic carbocycles. The van der Waals surface area contributed by atoms with E-state index in [2.05, 4.69) is 0 Å². The molecule has 6 heteroatoms. The number of nitrogens with two attached hydrogens (primary N) is 1. The molecule has 24 heavy (non-hydrogen) atoms. The second-order valence-corrected chi connectivity index (χ2v) is 7.14.